The number of carbonyl (C=O) groups is 1. The van der Waals surface area contributed by atoms with Gasteiger partial charge in [0.1, 0.15) is 16.4 Å². The maximum absolute atomic E-state index is 13.4. The van der Waals surface area contributed by atoms with Gasteiger partial charge < -0.3 is 20.1 Å². The van der Waals surface area contributed by atoms with Gasteiger partial charge in [-0.1, -0.05) is 41.4 Å². The summed E-state index contributed by atoms with van der Waals surface area (Å²) < 4.78 is 39.9. The molecule has 0 fully saturated rings. The van der Waals surface area contributed by atoms with Gasteiger partial charge in [0.15, 0.2) is 0 Å². The molecule has 40 heavy (non-hydrogen) atoms. The minimum absolute atomic E-state index is 0.0396. The van der Waals surface area contributed by atoms with E-state index in [1.54, 1.807) is 86.0 Å². The molecule has 1 amide bonds. The van der Waals surface area contributed by atoms with Gasteiger partial charge in [-0.05, 0) is 77.9 Å². The summed E-state index contributed by atoms with van der Waals surface area (Å²) in [5.74, 6) is 0.562. The van der Waals surface area contributed by atoms with Gasteiger partial charge in [0.25, 0.3) is 15.9 Å². The average Bonchev–Trinajstić information content (AvgIpc) is 2.94. The van der Waals surface area contributed by atoms with Crippen molar-refractivity contribution in [2.24, 2.45) is 0 Å². The number of carbonyl (C=O) groups excluding carboxylic acids is 1. The Labute approximate surface area is 243 Å². The van der Waals surface area contributed by atoms with Crippen molar-refractivity contribution < 1.29 is 22.7 Å². The molecule has 4 aromatic carbocycles. The summed E-state index contributed by atoms with van der Waals surface area (Å²) in [6.07, 6.45) is 0. The molecule has 0 aliphatic carbocycles. The number of rotatable bonds is 11. The van der Waals surface area contributed by atoms with E-state index in [-0.39, 0.29) is 16.6 Å². The van der Waals surface area contributed by atoms with Crippen LogP contribution >= 0.6 is 23.2 Å². The van der Waals surface area contributed by atoms with Gasteiger partial charge >= 0.3 is 0 Å². The van der Waals surface area contributed by atoms with Crippen LogP contribution in [0.2, 0.25) is 10.0 Å². The third-order valence-electron chi connectivity index (χ3n) is 5.84. The number of ether oxygens (including phenoxy) is 2. The molecule has 0 saturated carbocycles. The van der Waals surface area contributed by atoms with Gasteiger partial charge in [-0.15, -0.1) is 0 Å². The summed E-state index contributed by atoms with van der Waals surface area (Å²) in [5.41, 5.74) is 2.79. The van der Waals surface area contributed by atoms with E-state index >= 15 is 0 Å². The second-order valence-corrected chi connectivity index (χ2v) is 11.1. The molecule has 0 aliphatic rings. The largest absolute Gasteiger partial charge is 0.497 e. The molecule has 3 N–H and O–H groups in total. The van der Waals surface area contributed by atoms with E-state index in [0.29, 0.717) is 56.9 Å². The Kier molecular flexibility index (Phi) is 9.42. The summed E-state index contributed by atoms with van der Waals surface area (Å²) in [4.78, 5) is 12.3. The van der Waals surface area contributed by atoms with Gasteiger partial charge in [-0.25, -0.2) is 8.42 Å². The van der Waals surface area contributed by atoms with Gasteiger partial charge in [-0.3, -0.25) is 9.52 Å². The standard InChI is InChI=1S/C29H27Cl2N3O5S/c1-38-26-8-3-5-20(15-26)29(35)33-12-11-32-24-6-4-7-25(18-24)34-40(36,37)28-16-19(9-10-27(28)39-2)21-13-22(30)17-23(31)14-21/h3-10,13-18,32,34H,11-12H2,1-2H3,(H,33,35). The minimum atomic E-state index is -4.03. The Bertz CT molecular complexity index is 1610. The Hall–Kier alpha value is -3.92. The monoisotopic (exact) mass is 599 g/mol. The van der Waals surface area contributed by atoms with E-state index in [1.807, 2.05) is 0 Å². The van der Waals surface area contributed by atoms with Crippen LogP contribution in [-0.2, 0) is 10.0 Å². The van der Waals surface area contributed by atoms with Crippen molar-refractivity contribution in [1.82, 2.24) is 5.32 Å². The molecular weight excluding hydrogens is 573 g/mol. The minimum Gasteiger partial charge on any atom is -0.497 e. The van der Waals surface area contributed by atoms with Crippen LogP contribution in [0.3, 0.4) is 0 Å². The molecular formula is C29H27Cl2N3O5S. The van der Waals surface area contributed by atoms with Crippen LogP contribution in [0.1, 0.15) is 10.4 Å². The zero-order chi connectivity index (χ0) is 28.7. The maximum Gasteiger partial charge on any atom is 0.265 e. The molecule has 8 nitrogen and oxygen atoms in total. The van der Waals surface area contributed by atoms with Gasteiger partial charge in [-0.2, -0.15) is 0 Å². The van der Waals surface area contributed by atoms with Gasteiger partial charge in [0, 0.05) is 34.4 Å². The first kappa shape index (κ1) is 29.1. The van der Waals surface area contributed by atoms with Crippen LogP contribution in [0.4, 0.5) is 11.4 Å². The van der Waals surface area contributed by atoms with E-state index < -0.39 is 10.0 Å². The summed E-state index contributed by atoms with van der Waals surface area (Å²) in [7, 11) is -1.09. The van der Waals surface area contributed by atoms with Crippen molar-refractivity contribution in [3.8, 4) is 22.6 Å². The van der Waals surface area contributed by atoms with Gasteiger partial charge in [0.05, 0.1) is 19.9 Å². The summed E-state index contributed by atoms with van der Waals surface area (Å²) >= 11 is 12.3. The molecule has 0 aromatic heterocycles. The molecule has 11 heteroatoms. The van der Waals surface area contributed by atoms with Crippen molar-refractivity contribution >= 4 is 50.5 Å². The van der Waals surface area contributed by atoms with Crippen LogP contribution in [-0.4, -0.2) is 41.6 Å². The molecule has 0 atom stereocenters. The van der Waals surface area contributed by atoms with Crippen molar-refractivity contribution in [2.45, 2.75) is 4.90 Å². The van der Waals surface area contributed by atoms with E-state index in [9.17, 15) is 13.2 Å². The topological polar surface area (TPSA) is 106 Å². The Balaban J connectivity index is 1.43. The molecule has 0 spiro atoms. The highest BCUT2D eigenvalue weighted by atomic mass is 35.5. The molecule has 208 valence electrons. The number of hydrogen-bond donors (Lipinski definition) is 3. The first-order valence-corrected chi connectivity index (χ1v) is 14.4. The average molecular weight is 601 g/mol. The highest BCUT2D eigenvalue weighted by molar-refractivity contribution is 7.92. The summed E-state index contributed by atoms with van der Waals surface area (Å²) in [6, 6.07) is 23.5. The molecule has 0 aliphatic heterocycles. The third kappa shape index (κ3) is 7.38. The highest BCUT2D eigenvalue weighted by Gasteiger charge is 2.21. The second-order valence-electron chi connectivity index (χ2n) is 8.62. The number of halogens is 2. The molecule has 4 rings (SSSR count). The SMILES string of the molecule is COc1cccc(C(=O)NCCNc2cccc(NS(=O)(=O)c3cc(-c4cc(Cl)cc(Cl)c4)ccc3OC)c2)c1. The second kappa shape index (κ2) is 13.0. The van der Waals surface area contributed by atoms with Gasteiger partial charge in [0.2, 0.25) is 0 Å². The number of anilines is 2. The zero-order valence-corrected chi connectivity index (χ0v) is 24.0. The number of methoxy groups -OCH3 is 2. The number of sulfonamides is 1. The lowest BCUT2D eigenvalue weighted by Crippen LogP contribution is -2.28. The molecule has 0 saturated heterocycles. The Morgan fingerprint density at radius 2 is 1.50 bits per heavy atom. The number of benzene rings is 4. The lowest BCUT2D eigenvalue weighted by Gasteiger charge is -2.15. The van der Waals surface area contributed by atoms with Crippen molar-refractivity contribution in [3.05, 3.63) is 101 Å². The van der Waals surface area contributed by atoms with Crippen LogP contribution in [0.25, 0.3) is 11.1 Å². The first-order chi connectivity index (χ1) is 19.2. The lowest BCUT2D eigenvalue weighted by atomic mass is 10.1. The van der Waals surface area contributed by atoms with E-state index in [0.717, 1.165) is 0 Å². The normalized spacial score (nSPS) is 11.0. The molecule has 0 bridgehead atoms. The fourth-order valence-electron chi connectivity index (χ4n) is 3.94. The number of nitrogens with one attached hydrogen (secondary N) is 3. The van der Waals surface area contributed by atoms with E-state index in [4.69, 9.17) is 32.7 Å². The smallest absolute Gasteiger partial charge is 0.265 e. The maximum atomic E-state index is 13.4. The Morgan fingerprint density at radius 1 is 0.775 bits per heavy atom. The number of amides is 1. The van der Waals surface area contributed by atoms with Crippen LogP contribution in [0.5, 0.6) is 11.5 Å². The first-order valence-electron chi connectivity index (χ1n) is 12.1. The van der Waals surface area contributed by atoms with Crippen molar-refractivity contribution in [1.29, 1.82) is 0 Å². The van der Waals surface area contributed by atoms with Crippen LogP contribution in [0, 0.1) is 0 Å². The highest BCUT2D eigenvalue weighted by Crippen LogP contribution is 2.33. The molecule has 0 heterocycles. The van der Waals surface area contributed by atoms with Crippen molar-refractivity contribution in [3.63, 3.8) is 0 Å². The lowest BCUT2D eigenvalue weighted by molar-refractivity contribution is 0.0955. The summed E-state index contributed by atoms with van der Waals surface area (Å²) in [6.45, 7) is 0.771. The zero-order valence-electron chi connectivity index (χ0n) is 21.7. The van der Waals surface area contributed by atoms with Crippen molar-refractivity contribution in [2.75, 3.05) is 37.3 Å². The number of hydrogen-bond acceptors (Lipinski definition) is 6. The summed E-state index contributed by atoms with van der Waals surface area (Å²) in [5, 5.41) is 6.88. The third-order valence-corrected chi connectivity index (χ3v) is 7.67. The Morgan fingerprint density at radius 3 is 2.23 bits per heavy atom. The fraction of sp³-hybridized carbons (Fsp3) is 0.138. The molecule has 0 unspecified atom stereocenters. The molecule has 4 aromatic rings. The van der Waals surface area contributed by atoms with E-state index in [2.05, 4.69) is 15.4 Å². The quantitative estimate of drug-likeness (QED) is 0.174. The van der Waals surface area contributed by atoms with E-state index in [1.165, 1.54) is 13.2 Å². The molecule has 0 radical (unpaired) electrons. The van der Waals surface area contributed by atoms with Crippen LogP contribution < -0.4 is 24.8 Å². The predicted molar refractivity (Wildman–Crippen MR) is 160 cm³/mol. The van der Waals surface area contributed by atoms with Crippen LogP contribution in [0.15, 0.2) is 89.8 Å². The fourth-order valence-corrected chi connectivity index (χ4v) is 5.71. The predicted octanol–water partition coefficient (Wildman–Crippen LogP) is 6.32.